The Bertz CT molecular complexity index is 716. The van der Waals surface area contributed by atoms with Gasteiger partial charge in [-0.25, -0.2) is 4.39 Å². The van der Waals surface area contributed by atoms with Crippen molar-refractivity contribution < 1.29 is 13.9 Å². The van der Waals surface area contributed by atoms with Crippen LogP contribution in [0.1, 0.15) is 31.2 Å². The van der Waals surface area contributed by atoms with Gasteiger partial charge in [-0.3, -0.25) is 4.79 Å². The molecule has 134 valence electrons. The highest BCUT2D eigenvalue weighted by Gasteiger charge is 2.36. The van der Waals surface area contributed by atoms with E-state index in [1.165, 1.54) is 12.1 Å². The van der Waals surface area contributed by atoms with Gasteiger partial charge in [0.1, 0.15) is 18.2 Å². The molecule has 1 saturated carbocycles. The monoisotopic (exact) mass is 364 g/mol. The average Bonchev–Trinajstić information content (AvgIpc) is 3.03. The molecule has 1 amide bonds. The Hall–Kier alpha value is -2.11. The summed E-state index contributed by atoms with van der Waals surface area (Å²) in [4.78, 5) is 12.3. The Morgan fingerprint density at radius 1 is 1.16 bits per heavy atom. The van der Waals surface area contributed by atoms with E-state index in [-0.39, 0.29) is 24.1 Å². The van der Waals surface area contributed by atoms with Gasteiger partial charge in [-0.2, -0.15) is 0 Å². The third kappa shape index (κ3) is 4.94. The van der Waals surface area contributed by atoms with Crippen LogP contribution in [0.2, 0.25) is 0 Å². The van der Waals surface area contributed by atoms with E-state index in [0.29, 0.717) is 18.0 Å². The zero-order chi connectivity index (χ0) is 17.0. The van der Waals surface area contributed by atoms with Crippen molar-refractivity contribution in [3.63, 3.8) is 0 Å². The SMILES string of the molecule is Cl.NC1(C(=O)Nc2cccc(OCc3ccc(F)cc3)c2)CCCC1. The molecule has 3 N–H and O–H groups in total. The second kappa shape index (κ2) is 8.32. The third-order valence-corrected chi connectivity index (χ3v) is 4.36. The minimum Gasteiger partial charge on any atom is -0.489 e. The molecule has 0 radical (unpaired) electrons. The van der Waals surface area contributed by atoms with E-state index < -0.39 is 5.54 Å². The Morgan fingerprint density at radius 2 is 1.84 bits per heavy atom. The molecule has 1 aliphatic carbocycles. The molecule has 0 spiro atoms. The first-order chi connectivity index (χ1) is 11.5. The number of nitrogens with one attached hydrogen (secondary N) is 1. The fourth-order valence-corrected chi connectivity index (χ4v) is 2.90. The molecule has 1 aliphatic rings. The lowest BCUT2D eigenvalue weighted by Crippen LogP contribution is -2.48. The highest BCUT2D eigenvalue weighted by molar-refractivity contribution is 5.98. The molecular weight excluding hydrogens is 343 g/mol. The van der Waals surface area contributed by atoms with Crippen LogP contribution in [-0.4, -0.2) is 11.4 Å². The van der Waals surface area contributed by atoms with Gasteiger partial charge < -0.3 is 15.8 Å². The minimum atomic E-state index is -0.759. The maximum absolute atomic E-state index is 12.9. The van der Waals surface area contributed by atoms with Crippen LogP contribution in [0.3, 0.4) is 0 Å². The summed E-state index contributed by atoms with van der Waals surface area (Å²) in [5, 5.41) is 2.88. The number of rotatable bonds is 5. The van der Waals surface area contributed by atoms with Crippen LogP contribution in [0, 0.1) is 5.82 Å². The summed E-state index contributed by atoms with van der Waals surface area (Å²) < 4.78 is 18.6. The topological polar surface area (TPSA) is 64.4 Å². The van der Waals surface area contributed by atoms with Gasteiger partial charge in [0.15, 0.2) is 0 Å². The molecule has 2 aromatic rings. The van der Waals surface area contributed by atoms with E-state index in [4.69, 9.17) is 10.5 Å². The molecule has 0 aliphatic heterocycles. The molecule has 6 heteroatoms. The van der Waals surface area contributed by atoms with E-state index in [1.54, 1.807) is 24.3 Å². The number of hydrogen-bond donors (Lipinski definition) is 2. The van der Waals surface area contributed by atoms with Crippen LogP contribution < -0.4 is 15.8 Å². The Kier molecular flexibility index (Phi) is 6.39. The molecule has 3 rings (SSSR count). The van der Waals surface area contributed by atoms with Crippen molar-refractivity contribution in [3.8, 4) is 5.75 Å². The van der Waals surface area contributed by atoms with Gasteiger partial charge in [0.05, 0.1) is 5.54 Å². The number of carbonyl (C=O) groups is 1. The third-order valence-electron chi connectivity index (χ3n) is 4.36. The number of carbonyl (C=O) groups excluding carboxylic acids is 1. The van der Waals surface area contributed by atoms with E-state index in [1.807, 2.05) is 12.1 Å². The molecule has 25 heavy (non-hydrogen) atoms. The number of halogens is 2. The smallest absolute Gasteiger partial charge is 0.244 e. The van der Waals surface area contributed by atoms with Gasteiger partial charge in [0.2, 0.25) is 5.91 Å². The Balaban J connectivity index is 0.00000225. The zero-order valence-corrected chi connectivity index (χ0v) is 14.7. The number of ether oxygens (including phenoxy) is 1. The fourth-order valence-electron chi connectivity index (χ4n) is 2.90. The first-order valence-corrected chi connectivity index (χ1v) is 8.13. The molecule has 1 fully saturated rings. The molecule has 4 nitrogen and oxygen atoms in total. The van der Waals surface area contributed by atoms with E-state index in [2.05, 4.69) is 5.32 Å². The average molecular weight is 365 g/mol. The molecule has 0 atom stereocenters. The highest BCUT2D eigenvalue weighted by atomic mass is 35.5. The number of benzene rings is 2. The summed E-state index contributed by atoms with van der Waals surface area (Å²) in [6.45, 7) is 0.332. The summed E-state index contributed by atoms with van der Waals surface area (Å²) in [6.07, 6.45) is 3.43. The van der Waals surface area contributed by atoms with Crippen LogP contribution in [0.4, 0.5) is 10.1 Å². The first-order valence-electron chi connectivity index (χ1n) is 8.13. The van der Waals surface area contributed by atoms with Crippen LogP contribution in [0.25, 0.3) is 0 Å². The van der Waals surface area contributed by atoms with Gasteiger partial charge in [-0.1, -0.05) is 31.0 Å². The molecule has 0 heterocycles. The standard InChI is InChI=1S/C19H21FN2O2.ClH/c20-15-8-6-14(7-9-15)13-24-17-5-3-4-16(12-17)22-18(23)19(21)10-1-2-11-19;/h3-9,12H,1-2,10-11,13,21H2,(H,22,23);1H. The number of amides is 1. The number of nitrogens with two attached hydrogens (primary N) is 1. The van der Waals surface area contributed by atoms with E-state index >= 15 is 0 Å². The van der Waals surface area contributed by atoms with Gasteiger partial charge in [0.25, 0.3) is 0 Å². The predicted octanol–water partition coefficient (Wildman–Crippen LogP) is 4.04. The zero-order valence-electron chi connectivity index (χ0n) is 13.8. The quantitative estimate of drug-likeness (QED) is 0.841. The normalized spacial score (nSPS) is 15.3. The Labute approximate surface area is 153 Å². The lowest BCUT2D eigenvalue weighted by atomic mass is 9.98. The van der Waals surface area contributed by atoms with Crippen molar-refractivity contribution >= 4 is 24.0 Å². The fraction of sp³-hybridized carbons (Fsp3) is 0.316. The summed E-state index contributed by atoms with van der Waals surface area (Å²) >= 11 is 0. The molecule has 0 unspecified atom stereocenters. The second-order valence-corrected chi connectivity index (χ2v) is 6.26. The number of anilines is 1. The lowest BCUT2D eigenvalue weighted by molar-refractivity contribution is -0.121. The summed E-state index contributed by atoms with van der Waals surface area (Å²) in [5.41, 5.74) is 6.94. The van der Waals surface area contributed by atoms with E-state index in [9.17, 15) is 9.18 Å². The van der Waals surface area contributed by atoms with Gasteiger partial charge in [0, 0.05) is 11.8 Å². The van der Waals surface area contributed by atoms with Crippen molar-refractivity contribution in [2.75, 3.05) is 5.32 Å². The summed E-state index contributed by atoms with van der Waals surface area (Å²) in [7, 11) is 0. The molecule has 2 aromatic carbocycles. The Morgan fingerprint density at radius 3 is 2.52 bits per heavy atom. The highest BCUT2D eigenvalue weighted by Crippen LogP contribution is 2.29. The summed E-state index contributed by atoms with van der Waals surface area (Å²) in [5.74, 6) is 0.219. The van der Waals surface area contributed by atoms with Gasteiger partial charge >= 0.3 is 0 Å². The minimum absolute atomic E-state index is 0. The lowest BCUT2D eigenvalue weighted by Gasteiger charge is -2.22. The molecule has 0 bridgehead atoms. The molecule has 0 aromatic heterocycles. The van der Waals surface area contributed by atoms with Gasteiger partial charge in [-0.15, -0.1) is 12.4 Å². The molecule has 0 saturated heterocycles. The molecular formula is C19H22ClFN2O2. The summed E-state index contributed by atoms with van der Waals surface area (Å²) in [6, 6.07) is 13.4. The van der Waals surface area contributed by atoms with Crippen LogP contribution in [-0.2, 0) is 11.4 Å². The van der Waals surface area contributed by atoms with Crippen LogP contribution in [0.15, 0.2) is 48.5 Å². The predicted molar refractivity (Wildman–Crippen MR) is 98.4 cm³/mol. The van der Waals surface area contributed by atoms with Crippen molar-refractivity contribution in [3.05, 3.63) is 59.9 Å². The van der Waals surface area contributed by atoms with Crippen molar-refractivity contribution in [1.29, 1.82) is 0 Å². The second-order valence-electron chi connectivity index (χ2n) is 6.26. The largest absolute Gasteiger partial charge is 0.489 e. The van der Waals surface area contributed by atoms with Crippen molar-refractivity contribution in [2.45, 2.75) is 37.8 Å². The maximum Gasteiger partial charge on any atom is 0.244 e. The van der Waals surface area contributed by atoms with Gasteiger partial charge in [-0.05, 0) is 42.7 Å². The van der Waals surface area contributed by atoms with Crippen LogP contribution in [0.5, 0.6) is 5.75 Å². The van der Waals surface area contributed by atoms with E-state index in [0.717, 1.165) is 31.2 Å². The van der Waals surface area contributed by atoms with Crippen LogP contribution >= 0.6 is 12.4 Å². The van der Waals surface area contributed by atoms with Crippen molar-refractivity contribution in [2.24, 2.45) is 5.73 Å². The first kappa shape index (κ1) is 19.2. The number of hydrogen-bond acceptors (Lipinski definition) is 3. The van der Waals surface area contributed by atoms with Crippen molar-refractivity contribution in [1.82, 2.24) is 0 Å². The maximum atomic E-state index is 12.9.